The molecule has 1 unspecified atom stereocenters. The predicted octanol–water partition coefficient (Wildman–Crippen LogP) is 5.48. The number of rotatable bonds is 8. The van der Waals surface area contributed by atoms with Gasteiger partial charge in [-0.2, -0.15) is 23.1 Å². The SMILES string of the molecule is CC[C@@H]1N[C@H]2CC2[C@@H]1[C@H](C)Oc1nc(-c2cc(N)c(F)c(C)c2C(F)(F)F)c(F)c2nc(OC[C@]34CCN3CC(F)(F)C4)nc(N)c12. The molecule has 4 fully saturated rings. The number of pyridine rings is 1. The molecular weight excluding hydrogens is 635 g/mol. The molecule has 0 spiro atoms. The molecule has 1 saturated carbocycles. The van der Waals surface area contributed by atoms with Crippen molar-refractivity contribution in [3.63, 3.8) is 0 Å². The number of anilines is 2. The highest BCUT2D eigenvalue weighted by molar-refractivity contribution is 5.96. The minimum Gasteiger partial charge on any atom is -0.474 e. The molecule has 9 nitrogen and oxygen atoms in total. The molecular formula is C31H34F7N7O2. The number of aromatic nitrogens is 3. The standard InChI is InChI=1S/C31H34F7N7O2/c1-4-17-19(14-8-18(14)41-17)13(3)47-27-20-25(23(33)24(42-27)15-7-16(39)22(32)12(2)21(15)31(36,37)38)43-28(44-26(20)40)46-11-29-5-6-45(29)10-30(34,35)9-29/h7,13-14,17-19,41H,4-6,8-11,39H2,1-3H3,(H2,40,43,44)/t13-,14?,17-,18-,19-,29+/m0/s1. The lowest BCUT2D eigenvalue weighted by atomic mass is 9.85. The van der Waals surface area contributed by atoms with Crippen molar-refractivity contribution in [1.82, 2.24) is 25.2 Å². The second-order valence-corrected chi connectivity index (χ2v) is 13.3. The van der Waals surface area contributed by atoms with Gasteiger partial charge in [0.25, 0.3) is 5.92 Å². The Kier molecular flexibility index (Phi) is 7.25. The predicted molar refractivity (Wildman–Crippen MR) is 158 cm³/mol. The number of hydrogen-bond acceptors (Lipinski definition) is 9. The summed E-state index contributed by atoms with van der Waals surface area (Å²) in [6.45, 7) is 4.51. The van der Waals surface area contributed by atoms with E-state index in [0.29, 0.717) is 31.0 Å². The van der Waals surface area contributed by atoms with Gasteiger partial charge >= 0.3 is 12.2 Å². The number of nitrogens with zero attached hydrogens (tertiary/aromatic N) is 4. The van der Waals surface area contributed by atoms with Crippen molar-refractivity contribution in [3.05, 3.63) is 28.8 Å². The van der Waals surface area contributed by atoms with Gasteiger partial charge in [-0.15, -0.1) is 0 Å². The third-order valence-corrected chi connectivity index (χ3v) is 10.3. The summed E-state index contributed by atoms with van der Waals surface area (Å²) in [6, 6.07) is 0.658. The Morgan fingerprint density at radius 1 is 1.15 bits per heavy atom. The summed E-state index contributed by atoms with van der Waals surface area (Å²) < 4.78 is 115. The van der Waals surface area contributed by atoms with Crippen LogP contribution in [0.15, 0.2) is 6.07 Å². The molecule has 5 heterocycles. The fourth-order valence-corrected chi connectivity index (χ4v) is 7.94. The van der Waals surface area contributed by atoms with Crippen molar-refractivity contribution in [3.8, 4) is 23.1 Å². The second kappa shape index (κ2) is 10.7. The Morgan fingerprint density at radius 2 is 1.89 bits per heavy atom. The topological polar surface area (TPSA) is 124 Å². The summed E-state index contributed by atoms with van der Waals surface area (Å²) in [5.74, 6) is -5.85. The van der Waals surface area contributed by atoms with Crippen LogP contribution in [-0.2, 0) is 6.18 Å². The van der Waals surface area contributed by atoms with Gasteiger partial charge in [0.1, 0.15) is 40.9 Å². The van der Waals surface area contributed by atoms with Gasteiger partial charge in [0.15, 0.2) is 5.82 Å². The number of ether oxygens (including phenoxy) is 2. The zero-order valence-corrected chi connectivity index (χ0v) is 25.8. The number of piperidine rings is 1. The highest BCUT2D eigenvalue weighted by Gasteiger charge is 2.60. The van der Waals surface area contributed by atoms with E-state index in [0.717, 1.165) is 19.8 Å². The molecule has 1 aliphatic carbocycles. The molecule has 3 aliphatic heterocycles. The second-order valence-electron chi connectivity index (χ2n) is 13.3. The largest absolute Gasteiger partial charge is 0.474 e. The van der Waals surface area contributed by atoms with Crippen LogP contribution < -0.4 is 26.3 Å². The molecule has 0 radical (unpaired) electrons. The van der Waals surface area contributed by atoms with Crippen molar-refractivity contribution in [2.75, 3.05) is 31.2 Å². The zero-order valence-electron chi connectivity index (χ0n) is 25.8. The number of alkyl halides is 5. The summed E-state index contributed by atoms with van der Waals surface area (Å²) in [5, 5.41) is 3.34. The van der Waals surface area contributed by atoms with E-state index in [1.165, 1.54) is 0 Å². The average molecular weight is 670 g/mol. The molecule has 0 bridgehead atoms. The van der Waals surface area contributed by atoms with Crippen molar-refractivity contribution in [2.24, 2.45) is 11.8 Å². The quantitative estimate of drug-likeness (QED) is 0.211. The number of halogens is 7. The smallest absolute Gasteiger partial charge is 0.417 e. The molecule has 1 aromatic carbocycles. The third kappa shape index (κ3) is 5.18. The summed E-state index contributed by atoms with van der Waals surface area (Å²) in [6.07, 6.45) is -3.92. The molecule has 47 heavy (non-hydrogen) atoms. The van der Waals surface area contributed by atoms with Gasteiger partial charge in [-0.25, -0.2) is 22.5 Å². The monoisotopic (exact) mass is 669 g/mol. The van der Waals surface area contributed by atoms with Gasteiger partial charge in [0, 0.05) is 36.5 Å². The summed E-state index contributed by atoms with van der Waals surface area (Å²) in [5.41, 5.74) is 5.89. The Labute approximate surface area is 265 Å². The molecule has 3 aromatic rings. The van der Waals surface area contributed by atoms with Crippen LogP contribution in [0, 0.1) is 30.4 Å². The van der Waals surface area contributed by atoms with Crippen LogP contribution >= 0.6 is 0 Å². The number of benzene rings is 1. The van der Waals surface area contributed by atoms with Crippen molar-refractivity contribution in [2.45, 2.75) is 82.3 Å². The van der Waals surface area contributed by atoms with Gasteiger partial charge in [0.2, 0.25) is 5.88 Å². The van der Waals surface area contributed by atoms with Gasteiger partial charge in [-0.05, 0) is 50.7 Å². The molecule has 0 amide bonds. The molecule has 2 aromatic heterocycles. The normalized spacial score (nSPS) is 28.6. The van der Waals surface area contributed by atoms with Crippen LogP contribution in [0.2, 0.25) is 0 Å². The first-order valence-corrected chi connectivity index (χ1v) is 15.5. The summed E-state index contributed by atoms with van der Waals surface area (Å²) in [7, 11) is 0. The van der Waals surface area contributed by atoms with E-state index in [9.17, 15) is 26.3 Å². The Morgan fingerprint density at radius 3 is 2.53 bits per heavy atom. The molecule has 254 valence electrons. The zero-order chi connectivity index (χ0) is 33.8. The van der Waals surface area contributed by atoms with Crippen molar-refractivity contribution < 1.29 is 40.2 Å². The van der Waals surface area contributed by atoms with Gasteiger partial charge < -0.3 is 26.3 Å². The molecule has 4 aliphatic rings. The van der Waals surface area contributed by atoms with E-state index in [1.807, 2.05) is 6.92 Å². The number of fused-ring (bicyclic) bond motifs is 3. The van der Waals surface area contributed by atoms with E-state index in [4.69, 9.17) is 20.9 Å². The lowest BCUT2D eigenvalue weighted by Crippen LogP contribution is -2.59. The average Bonchev–Trinajstić information content (AvgIpc) is 3.60. The maximum atomic E-state index is 16.5. The highest BCUT2D eigenvalue weighted by Crippen LogP contribution is 2.50. The van der Waals surface area contributed by atoms with Crippen LogP contribution in [0.5, 0.6) is 11.9 Å². The summed E-state index contributed by atoms with van der Waals surface area (Å²) >= 11 is 0. The van der Waals surface area contributed by atoms with Crippen molar-refractivity contribution in [1.29, 1.82) is 0 Å². The molecule has 16 heteroatoms. The lowest BCUT2D eigenvalue weighted by Gasteiger charge is -2.46. The molecule has 6 atom stereocenters. The van der Waals surface area contributed by atoms with Crippen molar-refractivity contribution >= 4 is 22.4 Å². The minimum atomic E-state index is -5.12. The van der Waals surface area contributed by atoms with Crippen LogP contribution in [0.3, 0.4) is 0 Å². The van der Waals surface area contributed by atoms with Crippen LogP contribution in [0.4, 0.5) is 42.2 Å². The number of hydrogen-bond donors (Lipinski definition) is 3. The lowest BCUT2D eigenvalue weighted by molar-refractivity contribution is -0.137. The van der Waals surface area contributed by atoms with Gasteiger partial charge in [-0.1, -0.05) is 6.92 Å². The number of nitrogens with one attached hydrogen (secondary N) is 1. The molecule has 5 N–H and O–H groups in total. The maximum Gasteiger partial charge on any atom is 0.417 e. The first-order valence-electron chi connectivity index (χ1n) is 15.5. The third-order valence-electron chi connectivity index (χ3n) is 10.3. The summed E-state index contributed by atoms with van der Waals surface area (Å²) in [4.78, 5) is 14.1. The Hall–Kier alpha value is -3.66. The fraction of sp³-hybridized carbons (Fsp3) is 0.581. The fourth-order valence-electron chi connectivity index (χ4n) is 7.94. The number of nitrogen functional groups attached to an aromatic ring is 2. The Balaban J connectivity index is 1.35. The van der Waals surface area contributed by atoms with E-state index in [1.54, 1.807) is 11.8 Å². The van der Waals surface area contributed by atoms with Gasteiger partial charge in [0.05, 0.1) is 23.3 Å². The van der Waals surface area contributed by atoms with Crippen LogP contribution in [-0.4, -0.2) is 69.2 Å². The van der Waals surface area contributed by atoms with Crippen LogP contribution in [0.25, 0.3) is 22.2 Å². The van der Waals surface area contributed by atoms with E-state index < -0.39 is 87.9 Å². The molecule has 7 rings (SSSR count). The Bertz CT molecular complexity index is 1770. The maximum absolute atomic E-state index is 16.5. The van der Waals surface area contributed by atoms with E-state index in [2.05, 4.69) is 20.3 Å². The first-order chi connectivity index (χ1) is 22.0. The van der Waals surface area contributed by atoms with Crippen LogP contribution in [0.1, 0.15) is 50.7 Å². The van der Waals surface area contributed by atoms with E-state index >= 15 is 4.39 Å². The highest BCUT2D eigenvalue weighted by atomic mass is 19.4. The van der Waals surface area contributed by atoms with E-state index in [-0.39, 0.29) is 35.7 Å². The minimum absolute atomic E-state index is 0.0174. The first kappa shape index (κ1) is 31.9. The van der Waals surface area contributed by atoms with Gasteiger partial charge in [-0.3, -0.25) is 4.90 Å². The molecule has 3 saturated heterocycles. The number of nitrogens with two attached hydrogens (primary N) is 2.